The molecule has 0 aliphatic carbocycles. The highest BCUT2D eigenvalue weighted by molar-refractivity contribution is 7.92. The van der Waals surface area contributed by atoms with E-state index in [-0.39, 0.29) is 11.4 Å². The Bertz CT molecular complexity index is 450. The molecule has 0 aromatic heterocycles. The minimum absolute atomic E-state index is 0.0448. The van der Waals surface area contributed by atoms with Crippen LogP contribution in [0.4, 0.5) is 5.69 Å². The smallest absolute Gasteiger partial charge is 0.258 e. The van der Waals surface area contributed by atoms with Crippen LogP contribution in [0.15, 0.2) is 24.3 Å². The average molecular weight is 228 g/mol. The van der Waals surface area contributed by atoms with Crippen LogP contribution >= 0.6 is 0 Å². The van der Waals surface area contributed by atoms with Gasteiger partial charge in [-0.1, -0.05) is 12.1 Å². The Morgan fingerprint density at radius 1 is 1.33 bits per heavy atom. The van der Waals surface area contributed by atoms with E-state index in [0.717, 1.165) is 5.75 Å². The Hall–Kier alpha value is -1.43. The lowest BCUT2D eigenvalue weighted by Gasteiger charge is -2.00. The van der Waals surface area contributed by atoms with Crippen molar-refractivity contribution >= 4 is 15.5 Å². The summed E-state index contributed by atoms with van der Waals surface area (Å²) in [7, 11) is -3.20. The fourth-order valence-corrected chi connectivity index (χ4v) is 1.85. The highest BCUT2D eigenvalue weighted by Crippen LogP contribution is 2.14. The van der Waals surface area contributed by atoms with Crippen molar-refractivity contribution in [1.29, 1.82) is 0 Å². The minimum Gasteiger partial charge on any atom is -0.258 e. The van der Waals surface area contributed by atoms with Gasteiger partial charge in [0, 0.05) is 12.1 Å². The molecule has 0 amide bonds. The first kappa shape index (κ1) is 11.6. The number of hydrogen-bond donors (Lipinski definition) is 0. The molecule has 0 fully saturated rings. The van der Waals surface area contributed by atoms with Crippen LogP contribution in [0.25, 0.3) is 0 Å². The SMILES string of the molecule is C[CH]S(=O)(=O)Cc1ccc([N+](=O)[O-])cc1. The van der Waals surface area contributed by atoms with Gasteiger partial charge in [-0.25, -0.2) is 8.42 Å². The number of nitro groups is 1. The second-order valence-corrected chi connectivity index (χ2v) is 5.05. The first-order valence-electron chi connectivity index (χ1n) is 4.20. The van der Waals surface area contributed by atoms with Gasteiger partial charge >= 0.3 is 0 Å². The normalized spacial score (nSPS) is 11.3. The highest BCUT2D eigenvalue weighted by atomic mass is 32.2. The van der Waals surface area contributed by atoms with Crippen molar-refractivity contribution < 1.29 is 13.3 Å². The topological polar surface area (TPSA) is 77.3 Å². The van der Waals surface area contributed by atoms with Gasteiger partial charge in [0.05, 0.1) is 16.4 Å². The van der Waals surface area contributed by atoms with Crippen molar-refractivity contribution in [2.75, 3.05) is 0 Å². The molecule has 0 aliphatic heterocycles. The van der Waals surface area contributed by atoms with Crippen LogP contribution in [-0.4, -0.2) is 13.3 Å². The van der Waals surface area contributed by atoms with Gasteiger partial charge in [0.1, 0.15) is 0 Å². The van der Waals surface area contributed by atoms with Gasteiger partial charge in [0.25, 0.3) is 5.69 Å². The maximum Gasteiger partial charge on any atom is 0.269 e. The van der Waals surface area contributed by atoms with E-state index in [1.54, 1.807) is 0 Å². The third-order valence-corrected chi connectivity index (χ3v) is 3.33. The monoisotopic (exact) mass is 228 g/mol. The van der Waals surface area contributed by atoms with E-state index < -0.39 is 14.8 Å². The van der Waals surface area contributed by atoms with E-state index in [1.165, 1.54) is 31.2 Å². The number of non-ortho nitro benzene ring substituents is 1. The molecule has 0 bridgehead atoms. The molecule has 0 heterocycles. The summed E-state index contributed by atoms with van der Waals surface area (Å²) in [6.45, 7) is 1.45. The van der Waals surface area contributed by atoms with Gasteiger partial charge < -0.3 is 0 Å². The van der Waals surface area contributed by atoms with Gasteiger partial charge in [0.15, 0.2) is 9.84 Å². The van der Waals surface area contributed by atoms with Gasteiger partial charge in [-0.05, 0) is 12.5 Å². The summed E-state index contributed by atoms with van der Waals surface area (Å²) in [6, 6.07) is 5.47. The quantitative estimate of drug-likeness (QED) is 0.580. The van der Waals surface area contributed by atoms with E-state index in [2.05, 4.69) is 0 Å². The zero-order valence-corrected chi connectivity index (χ0v) is 8.90. The standard InChI is InChI=1S/C9H10NO4S/c1-2-15(13,14)7-8-3-5-9(6-4-8)10(11)12/h2-6H,7H2,1H3. The molecule has 1 aromatic carbocycles. The van der Waals surface area contributed by atoms with E-state index in [9.17, 15) is 18.5 Å². The van der Waals surface area contributed by atoms with Gasteiger partial charge in [0.2, 0.25) is 0 Å². The summed E-state index contributed by atoms with van der Waals surface area (Å²) in [5.41, 5.74) is 0.496. The Kier molecular flexibility index (Phi) is 3.41. The Morgan fingerprint density at radius 3 is 2.27 bits per heavy atom. The summed E-state index contributed by atoms with van der Waals surface area (Å²) in [5, 5.41) is 10.3. The molecular weight excluding hydrogens is 218 g/mol. The number of benzene rings is 1. The number of nitro benzene ring substituents is 1. The Morgan fingerprint density at radius 2 is 1.87 bits per heavy atom. The predicted molar refractivity (Wildman–Crippen MR) is 55.7 cm³/mol. The van der Waals surface area contributed by atoms with Crippen molar-refractivity contribution in [3.63, 3.8) is 0 Å². The number of hydrogen-bond acceptors (Lipinski definition) is 4. The lowest BCUT2D eigenvalue weighted by Crippen LogP contribution is -2.02. The van der Waals surface area contributed by atoms with Crippen LogP contribution in [0.5, 0.6) is 0 Å². The zero-order valence-electron chi connectivity index (χ0n) is 8.08. The maximum atomic E-state index is 11.2. The Balaban J connectivity index is 2.86. The molecule has 0 unspecified atom stereocenters. The molecule has 0 atom stereocenters. The fourth-order valence-electron chi connectivity index (χ4n) is 1.03. The zero-order chi connectivity index (χ0) is 11.5. The van der Waals surface area contributed by atoms with E-state index in [1.807, 2.05) is 0 Å². The van der Waals surface area contributed by atoms with Crippen LogP contribution in [-0.2, 0) is 15.6 Å². The van der Waals surface area contributed by atoms with Crippen LogP contribution < -0.4 is 0 Å². The summed E-state index contributed by atoms with van der Waals surface area (Å²) in [6.07, 6.45) is 0. The lowest BCUT2D eigenvalue weighted by molar-refractivity contribution is -0.384. The van der Waals surface area contributed by atoms with Crippen molar-refractivity contribution in [1.82, 2.24) is 0 Å². The molecule has 0 aliphatic rings. The molecule has 81 valence electrons. The second-order valence-electron chi connectivity index (χ2n) is 2.97. The molecule has 5 nitrogen and oxygen atoms in total. The average Bonchev–Trinajstić information content (AvgIpc) is 2.18. The van der Waals surface area contributed by atoms with Crippen molar-refractivity contribution in [3.8, 4) is 0 Å². The minimum atomic E-state index is -3.20. The molecule has 15 heavy (non-hydrogen) atoms. The second kappa shape index (κ2) is 4.39. The molecule has 1 radical (unpaired) electrons. The molecular formula is C9H10NO4S. The number of nitrogens with zero attached hydrogens (tertiary/aromatic N) is 1. The number of rotatable bonds is 4. The molecule has 0 saturated carbocycles. The van der Waals surface area contributed by atoms with Crippen LogP contribution in [0, 0.1) is 15.9 Å². The van der Waals surface area contributed by atoms with Gasteiger partial charge in [-0.15, -0.1) is 0 Å². The lowest BCUT2D eigenvalue weighted by atomic mass is 10.2. The van der Waals surface area contributed by atoms with Gasteiger partial charge in [-0.2, -0.15) is 0 Å². The molecule has 0 spiro atoms. The van der Waals surface area contributed by atoms with Crippen molar-refractivity contribution in [2.45, 2.75) is 12.7 Å². The molecule has 1 aromatic rings. The molecule has 1 rings (SSSR count). The molecule has 0 saturated heterocycles. The van der Waals surface area contributed by atoms with Gasteiger partial charge in [-0.3, -0.25) is 10.1 Å². The maximum absolute atomic E-state index is 11.2. The number of sulfone groups is 1. The predicted octanol–water partition coefficient (Wildman–Crippen LogP) is 1.69. The molecule has 6 heteroatoms. The third kappa shape index (κ3) is 3.32. The third-order valence-electron chi connectivity index (χ3n) is 1.87. The Labute approximate surface area is 87.8 Å². The van der Waals surface area contributed by atoms with Crippen LogP contribution in [0.2, 0.25) is 0 Å². The van der Waals surface area contributed by atoms with E-state index in [0.29, 0.717) is 5.56 Å². The van der Waals surface area contributed by atoms with Crippen molar-refractivity contribution in [3.05, 3.63) is 45.7 Å². The fraction of sp³-hybridized carbons (Fsp3) is 0.222. The first-order valence-corrected chi connectivity index (χ1v) is 5.91. The van der Waals surface area contributed by atoms with E-state index >= 15 is 0 Å². The first-order chi connectivity index (χ1) is 6.94. The van der Waals surface area contributed by atoms with Crippen molar-refractivity contribution in [2.24, 2.45) is 0 Å². The summed E-state index contributed by atoms with van der Waals surface area (Å²) < 4.78 is 22.4. The summed E-state index contributed by atoms with van der Waals surface area (Å²) in [5.74, 6) is 0.996. The summed E-state index contributed by atoms with van der Waals surface area (Å²) in [4.78, 5) is 9.81. The largest absolute Gasteiger partial charge is 0.269 e. The van der Waals surface area contributed by atoms with E-state index in [4.69, 9.17) is 0 Å². The van der Waals surface area contributed by atoms with Crippen LogP contribution in [0.3, 0.4) is 0 Å². The molecule has 0 N–H and O–H groups in total. The summed E-state index contributed by atoms with van der Waals surface area (Å²) >= 11 is 0. The highest BCUT2D eigenvalue weighted by Gasteiger charge is 2.10. The van der Waals surface area contributed by atoms with Crippen LogP contribution in [0.1, 0.15) is 12.5 Å².